The molecule has 1 N–H and O–H groups in total. The van der Waals surface area contributed by atoms with Crippen LogP contribution in [0.5, 0.6) is 5.75 Å². The van der Waals surface area contributed by atoms with Crippen molar-refractivity contribution in [3.63, 3.8) is 0 Å². The molecule has 18 heavy (non-hydrogen) atoms. The van der Waals surface area contributed by atoms with Gasteiger partial charge in [0.25, 0.3) is 0 Å². The largest absolute Gasteiger partial charge is 0.492 e. The fourth-order valence-electron chi connectivity index (χ4n) is 1.16. The van der Waals surface area contributed by atoms with E-state index >= 15 is 0 Å². The maximum absolute atomic E-state index is 12.8. The molecule has 0 unspecified atom stereocenters. The summed E-state index contributed by atoms with van der Waals surface area (Å²) < 4.78 is 22.4. The minimum absolute atomic E-state index is 0.133. The third kappa shape index (κ3) is 4.82. The zero-order valence-electron chi connectivity index (χ0n) is 9.94. The van der Waals surface area contributed by atoms with E-state index in [1.807, 2.05) is 0 Å². The SMILES string of the molecule is CCOC(=O)C(=O)NCCOc1cccc(F)c1. The predicted molar refractivity (Wildman–Crippen MR) is 61.5 cm³/mol. The van der Waals surface area contributed by atoms with E-state index in [-0.39, 0.29) is 19.8 Å². The molecular formula is C12H14FNO4. The predicted octanol–water partition coefficient (Wildman–Crippen LogP) is 0.884. The second-order valence-corrected chi connectivity index (χ2v) is 3.28. The average Bonchev–Trinajstić information content (AvgIpc) is 2.35. The van der Waals surface area contributed by atoms with Gasteiger partial charge in [0.05, 0.1) is 13.2 Å². The van der Waals surface area contributed by atoms with Gasteiger partial charge in [0.1, 0.15) is 18.2 Å². The van der Waals surface area contributed by atoms with Crippen molar-refractivity contribution in [1.82, 2.24) is 5.32 Å². The summed E-state index contributed by atoms with van der Waals surface area (Å²) in [6.07, 6.45) is 0. The smallest absolute Gasteiger partial charge is 0.396 e. The number of rotatable bonds is 5. The van der Waals surface area contributed by atoms with Crippen LogP contribution in [0.2, 0.25) is 0 Å². The first-order valence-corrected chi connectivity index (χ1v) is 5.46. The number of hydrogen-bond donors (Lipinski definition) is 1. The summed E-state index contributed by atoms with van der Waals surface area (Å²) in [5, 5.41) is 2.32. The zero-order chi connectivity index (χ0) is 13.4. The maximum Gasteiger partial charge on any atom is 0.396 e. The highest BCUT2D eigenvalue weighted by Gasteiger charge is 2.13. The molecule has 0 bridgehead atoms. The van der Waals surface area contributed by atoms with Crippen molar-refractivity contribution in [2.24, 2.45) is 0 Å². The lowest BCUT2D eigenvalue weighted by Crippen LogP contribution is -2.35. The van der Waals surface area contributed by atoms with Gasteiger partial charge in [-0.1, -0.05) is 6.07 Å². The van der Waals surface area contributed by atoms with Crippen LogP contribution in [0.15, 0.2) is 24.3 Å². The van der Waals surface area contributed by atoms with E-state index < -0.39 is 17.7 Å². The number of carbonyl (C=O) groups is 2. The normalized spacial score (nSPS) is 9.67. The van der Waals surface area contributed by atoms with Gasteiger partial charge >= 0.3 is 11.9 Å². The Morgan fingerprint density at radius 2 is 2.17 bits per heavy atom. The Kier molecular flexibility index (Phi) is 5.63. The molecule has 0 saturated heterocycles. The third-order valence-corrected chi connectivity index (χ3v) is 1.91. The molecule has 0 spiro atoms. The number of hydrogen-bond acceptors (Lipinski definition) is 4. The minimum atomic E-state index is -0.928. The molecule has 98 valence electrons. The lowest BCUT2D eigenvalue weighted by molar-refractivity contribution is -0.154. The van der Waals surface area contributed by atoms with Gasteiger partial charge in [-0.25, -0.2) is 9.18 Å². The molecule has 0 aliphatic carbocycles. The Morgan fingerprint density at radius 1 is 1.39 bits per heavy atom. The molecule has 5 nitrogen and oxygen atoms in total. The Bertz CT molecular complexity index is 422. The van der Waals surface area contributed by atoms with Crippen molar-refractivity contribution in [1.29, 1.82) is 0 Å². The maximum atomic E-state index is 12.8. The first-order chi connectivity index (χ1) is 8.63. The van der Waals surface area contributed by atoms with Crippen molar-refractivity contribution < 1.29 is 23.5 Å². The van der Waals surface area contributed by atoms with Crippen molar-refractivity contribution in [2.75, 3.05) is 19.8 Å². The van der Waals surface area contributed by atoms with E-state index in [0.717, 1.165) is 0 Å². The highest BCUT2D eigenvalue weighted by molar-refractivity contribution is 6.32. The summed E-state index contributed by atoms with van der Waals surface area (Å²) in [5.74, 6) is -1.79. The molecule has 0 heterocycles. The summed E-state index contributed by atoms with van der Waals surface area (Å²) in [6.45, 7) is 2.02. The second kappa shape index (κ2) is 7.26. The lowest BCUT2D eigenvalue weighted by atomic mass is 10.3. The summed E-state index contributed by atoms with van der Waals surface area (Å²) >= 11 is 0. The van der Waals surface area contributed by atoms with Gasteiger partial charge in [0.2, 0.25) is 0 Å². The Morgan fingerprint density at radius 3 is 2.83 bits per heavy atom. The number of halogens is 1. The van der Waals surface area contributed by atoms with Gasteiger partial charge in [-0.05, 0) is 19.1 Å². The first-order valence-electron chi connectivity index (χ1n) is 5.46. The van der Waals surface area contributed by atoms with Crippen molar-refractivity contribution in [2.45, 2.75) is 6.92 Å². The summed E-state index contributed by atoms with van der Waals surface area (Å²) in [6, 6.07) is 5.64. The molecule has 0 saturated carbocycles. The van der Waals surface area contributed by atoms with E-state index in [9.17, 15) is 14.0 Å². The molecule has 0 aliphatic heterocycles. The molecule has 1 aromatic carbocycles. The number of ether oxygens (including phenoxy) is 2. The van der Waals surface area contributed by atoms with Crippen molar-refractivity contribution in [3.8, 4) is 5.75 Å². The number of esters is 1. The van der Waals surface area contributed by atoms with Crippen LogP contribution in [0.3, 0.4) is 0 Å². The summed E-state index contributed by atoms with van der Waals surface area (Å²) in [4.78, 5) is 22.0. The molecule has 6 heteroatoms. The molecule has 0 atom stereocenters. The van der Waals surface area contributed by atoms with Crippen molar-refractivity contribution in [3.05, 3.63) is 30.1 Å². The molecule has 1 aromatic rings. The third-order valence-electron chi connectivity index (χ3n) is 1.91. The average molecular weight is 255 g/mol. The standard InChI is InChI=1S/C12H14FNO4/c1-2-17-12(16)11(15)14-6-7-18-10-5-3-4-9(13)8-10/h3-5,8H,2,6-7H2,1H3,(H,14,15). The van der Waals surface area contributed by atoms with Crippen LogP contribution < -0.4 is 10.1 Å². The van der Waals surface area contributed by atoms with Gasteiger partial charge < -0.3 is 14.8 Å². The fraction of sp³-hybridized carbons (Fsp3) is 0.333. The zero-order valence-corrected chi connectivity index (χ0v) is 9.94. The van der Waals surface area contributed by atoms with Crippen LogP contribution in [0, 0.1) is 5.82 Å². The molecule has 1 rings (SSSR count). The van der Waals surface area contributed by atoms with E-state index in [0.29, 0.717) is 5.75 Å². The molecule has 0 aliphatic rings. The van der Waals surface area contributed by atoms with Crippen LogP contribution in [-0.4, -0.2) is 31.6 Å². The Hall–Kier alpha value is -2.11. The molecule has 1 amide bonds. The number of nitrogens with one attached hydrogen (secondary N) is 1. The summed E-state index contributed by atoms with van der Waals surface area (Å²) in [7, 11) is 0. The number of carbonyl (C=O) groups excluding carboxylic acids is 2. The second-order valence-electron chi connectivity index (χ2n) is 3.28. The topological polar surface area (TPSA) is 64.6 Å². The molecule has 0 aromatic heterocycles. The Labute approximate surface area is 104 Å². The van der Waals surface area contributed by atoms with Crippen LogP contribution in [0.1, 0.15) is 6.92 Å². The first kappa shape index (κ1) is 14.0. The van der Waals surface area contributed by atoms with E-state index in [2.05, 4.69) is 10.1 Å². The highest BCUT2D eigenvalue weighted by Crippen LogP contribution is 2.11. The van der Waals surface area contributed by atoms with Crippen molar-refractivity contribution >= 4 is 11.9 Å². The molecule has 0 radical (unpaired) electrons. The Balaban J connectivity index is 2.23. The van der Waals surface area contributed by atoms with Crippen LogP contribution >= 0.6 is 0 Å². The van der Waals surface area contributed by atoms with Crippen LogP contribution in [-0.2, 0) is 14.3 Å². The fourth-order valence-corrected chi connectivity index (χ4v) is 1.16. The van der Waals surface area contributed by atoms with E-state index in [1.165, 1.54) is 18.2 Å². The number of benzene rings is 1. The minimum Gasteiger partial charge on any atom is -0.492 e. The van der Waals surface area contributed by atoms with Gasteiger partial charge in [-0.15, -0.1) is 0 Å². The molecule has 0 fully saturated rings. The number of amides is 1. The van der Waals surface area contributed by atoms with E-state index in [1.54, 1.807) is 13.0 Å². The van der Waals surface area contributed by atoms with Crippen LogP contribution in [0.4, 0.5) is 4.39 Å². The van der Waals surface area contributed by atoms with Gasteiger partial charge in [-0.3, -0.25) is 4.79 Å². The highest BCUT2D eigenvalue weighted by atomic mass is 19.1. The summed E-state index contributed by atoms with van der Waals surface area (Å²) in [5.41, 5.74) is 0. The van der Waals surface area contributed by atoms with E-state index in [4.69, 9.17) is 4.74 Å². The van der Waals surface area contributed by atoms with Gasteiger partial charge in [0.15, 0.2) is 0 Å². The van der Waals surface area contributed by atoms with Crippen LogP contribution in [0.25, 0.3) is 0 Å². The molecular weight excluding hydrogens is 241 g/mol. The lowest BCUT2D eigenvalue weighted by Gasteiger charge is -2.07. The van der Waals surface area contributed by atoms with Gasteiger partial charge in [-0.2, -0.15) is 0 Å². The van der Waals surface area contributed by atoms with Gasteiger partial charge in [0, 0.05) is 6.07 Å². The monoisotopic (exact) mass is 255 g/mol. The quantitative estimate of drug-likeness (QED) is 0.482.